The zero-order valence-corrected chi connectivity index (χ0v) is 48.4. The molecule has 0 bridgehead atoms. The number of ether oxygens (including phenoxy) is 3. The molecule has 422 valence electrons. The van der Waals surface area contributed by atoms with Gasteiger partial charge in [-0.15, -0.1) is 0 Å². The van der Waals surface area contributed by atoms with Crippen molar-refractivity contribution in [1.82, 2.24) is 0 Å². The molecule has 1 unspecified atom stereocenters. The van der Waals surface area contributed by atoms with Crippen LogP contribution >= 0.6 is 0 Å². The first kappa shape index (κ1) is 69.8. The monoisotopic (exact) mass is 1020 g/mol. The number of carbonyl (C=O) groups is 3. The predicted molar refractivity (Wildman–Crippen MR) is 316 cm³/mol. The van der Waals surface area contributed by atoms with Crippen molar-refractivity contribution in [3.05, 3.63) is 72.9 Å². The first-order valence-electron chi connectivity index (χ1n) is 31.4. The van der Waals surface area contributed by atoms with Gasteiger partial charge in [0.15, 0.2) is 6.10 Å². The third kappa shape index (κ3) is 59.6. The normalized spacial score (nSPS) is 12.5. The van der Waals surface area contributed by atoms with E-state index in [1.807, 2.05) is 0 Å². The van der Waals surface area contributed by atoms with Crippen molar-refractivity contribution in [2.45, 2.75) is 322 Å². The van der Waals surface area contributed by atoms with E-state index in [-0.39, 0.29) is 31.1 Å². The lowest BCUT2D eigenvalue weighted by Crippen LogP contribution is -2.30. The molecule has 0 aliphatic carbocycles. The molecule has 0 heterocycles. The summed E-state index contributed by atoms with van der Waals surface area (Å²) in [4.78, 5) is 38.0. The Morgan fingerprint density at radius 2 is 0.534 bits per heavy atom. The Morgan fingerprint density at radius 1 is 0.288 bits per heavy atom. The number of carbonyl (C=O) groups excluding carboxylic acids is 3. The first-order chi connectivity index (χ1) is 36.0. The molecule has 0 rings (SSSR count). The molecule has 0 spiro atoms. The molecule has 0 amide bonds. The first-order valence-corrected chi connectivity index (χ1v) is 31.4. The molecule has 6 heteroatoms. The maximum atomic E-state index is 12.8. The standard InChI is InChI=1S/C67H118O6/c1-4-7-10-13-16-18-20-22-24-26-28-30-31-32-33-34-35-36-37-38-40-41-43-45-47-49-51-54-57-60-66(69)72-63-64(62-71-65(68)59-56-53-15-12-9-6-3)73-67(70)61-58-55-52-50-48-46-44-42-39-29-27-25-23-21-19-17-14-11-8-5-2/h7,10,16,18,22,24,28,30,32-33,35-36,64H,4-6,8-9,11-15,17,19-21,23,25-27,29,31,34,37-63H2,1-3H3/b10-7-,18-16-,24-22-,30-28-,33-32-,36-35-. The molecular weight excluding hydrogens is 901 g/mol. The molecule has 73 heavy (non-hydrogen) atoms. The second-order valence-corrected chi connectivity index (χ2v) is 21.0. The molecule has 0 aromatic heterocycles. The second-order valence-electron chi connectivity index (χ2n) is 21.0. The average molecular weight is 1020 g/mol. The van der Waals surface area contributed by atoms with Crippen LogP contribution in [0.4, 0.5) is 0 Å². The van der Waals surface area contributed by atoms with Crippen molar-refractivity contribution in [3.63, 3.8) is 0 Å². The van der Waals surface area contributed by atoms with E-state index < -0.39 is 6.10 Å². The minimum Gasteiger partial charge on any atom is -0.462 e. The third-order valence-corrected chi connectivity index (χ3v) is 13.7. The topological polar surface area (TPSA) is 78.9 Å². The highest BCUT2D eigenvalue weighted by atomic mass is 16.6. The van der Waals surface area contributed by atoms with E-state index in [0.717, 1.165) is 96.3 Å². The van der Waals surface area contributed by atoms with E-state index in [1.54, 1.807) is 0 Å². The summed E-state index contributed by atoms with van der Waals surface area (Å²) in [7, 11) is 0. The summed E-state index contributed by atoms with van der Waals surface area (Å²) in [6.45, 7) is 6.50. The second kappa shape index (κ2) is 61.4. The molecule has 0 saturated carbocycles. The van der Waals surface area contributed by atoms with Crippen molar-refractivity contribution in [1.29, 1.82) is 0 Å². The molecule has 0 radical (unpaired) electrons. The fourth-order valence-electron chi connectivity index (χ4n) is 9.04. The molecule has 0 aromatic rings. The molecule has 6 nitrogen and oxygen atoms in total. The lowest BCUT2D eigenvalue weighted by atomic mass is 10.0. The summed E-state index contributed by atoms with van der Waals surface area (Å²) in [5.41, 5.74) is 0. The minimum absolute atomic E-state index is 0.0730. The highest BCUT2D eigenvalue weighted by molar-refractivity contribution is 5.71. The molecule has 1 atom stereocenters. The fraction of sp³-hybridized carbons (Fsp3) is 0.776. The molecule has 0 fully saturated rings. The lowest BCUT2D eigenvalue weighted by molar-refractivity contribution is -0.167. The number of allylic oxidation sites excluding steroid dienone is 12. The van der Waals surface area contributed by atoms with Gasteiger partial charge in [-0.1, -0.05) is 299 Å². The van der Waals surface area contributed by atoms with Gasteiger partial charge in [-0.2, -0.15) is 0 Å². The molecule has 0 aromatic carbocycles. The van der Waals surface area contributed by atoms with Crippen LogP contribution in [-0.4, -0.2) is 37.2 Å². The van der Waals surface area contributed by atoms with E-state index in [4.69, 9.17) is 14.2 Å². The van der Waals surface area contributed by atoms with Gasteiger partial charge in [0.05, 0.1) is 0 Å². The third-order valence-electron chi connectivity index (χ3n) is 13.7. The van der Waals surface area contributed by atoms with Crippen LogP contribution in [0.15, 0.2) is 72.9 Å². The summed E-state index contributed by atoms with van der Waals surface area (Å²) in [6, 6.07) is 0. The Hall–Kier alpha value is -3.15. The van der Waals surface area contributed by atoms with E-state index >= 15 is 0 Å². The quantitative estimate of drug-likeness (QED) is 0.0261. The van der Waals surface area contributed by atoms with Crippen LogP contribution < -0.4 is 0 Å². The molecule has 0 N–H and O–H groups in total. The predicted octanol–water partition coefficient (Wildman–Crippen LogP) is 21.3. The summed E-state index contributed by atoms with van der Waals surface area (Å²) in [5.74, 6) is -0.872. The van der Waals surface area contributed by atoms with Gasteiger partial charge in [0.2, 0.25) is 0 Å². The van der Waals surface area contributed by atoms with Crippen molar-refractivity contribution in [2.75, 3.05) is 13.2 Å². The highest BCUT2D eigenvalue weighted by Crippen LogP contribution is 2.17. The SMILES string of the molecule is CC/C=C\C/C=C\C/C=C\C/C=C\C/C=C\C/C=C\CCCCCCCCCCCCC(=O)OCC(COC(=O)CCCCCCCC)OC(=O)CCCCCCCCCCCCCCCCCCCCCC. The number of esters is 3. The van der Waals surface area contributed by atoms with E-state index in [1.165, 1.54) is 180 Å². The van der Waals surface area contributed by atoms with Gasteiger partial charge in [-0.25, -0.2) is 0 Å². The zero-order valence-electron chi connectivity index (χ0n) is 48.4. The summed E-state index contributed by atoms with van der Waals surface area (Å²) < 4.78 is 16.8. The Balaban J connectivity index is 4.08. The van der Waals surface area contributed by atoms with E-state index in [9.17, 15) is 14.4 Å². The van der Waals surface area contributed by atoms with Crippen LogP contribution in [0.1, 0.15) is 316 Å². The maximum absolute atomic E-state index is 12.8. The van der Waals surface area contributed by atoms with Crippen molar-refractivity contribution in [2.24, 2.45) is 0 Å². The zero-order chi connectivity index (χ0) is 52.9. The Morgan fingerprint density at radius 3 is 0.836 bits per heavy atom. The van der Waals surface area contributed by atoms with Gasteiger partial charge in [-0.05, 0) is 70.6 Å². The van der Waals surface area contributed by atoms with Gasteiger partial charge >= 0.3 is 17.9 Å². The van der Waals surface area contributed by atoms with Crippen LogP contribution in [0.3, 0.4) is 0 Å². The van der Waals surface area contributed by atoms with E-state index in [0.29, 0.717) is 19.3 Å². The van der Waals surface area contributed by atoms with Crippen LogP contribution in [0.25, 0.3) is 0 Å². The van der Waals surface area contributed by atoms with Gasteiger partial charge in [0.25, 0.3) is 0 Å². The number of unbranched alkanes of at least 4 members (excludes halogenated alkanes) is 34. The van der Waals surface area contributed by atoms with Crippen molar-refractivity contribution < 1.29 is 28.6 Å². The minimum atomic E-state index is -0.772. The molecular formula is C67H118O6. The molecule has 0 aliphatic rings. The van der Waals surface area contributed by atoms with Gasteiger partial charge in [0.1, 0.15) is 13.2 Å². The van der Waals surface area contributed by atoms with Gasteiger partial charge in [0, 0.05) is 19.3 Å². The fourth-order valence-corrected chi connectivity index (χ4v) is 9.04. The van der Waals surface area contributed by atoms with Crippen molar-refractivity contribution >= 4 is 17.9 Å². The Kier molecular flexibility index (Phi) is 58.7. The van der Waals surface area contributed by atoms with Crippen molar-refractivity contribution in [3.8, 4) is 0 Å². The van der Waals surface area contributed by atoms with Gasteiger partial charge < -0.3 is 14.2 Å². The summed E-state index contributed by atoms with van der Waals surface area (Å²) in [6.07, 6.45) is 79.4. The molecule has 0 aliphatic heterocycles. The Labute approximate surface area is 453 Å². The van der Waals surface area contributed by atoms with Crippen LogP contribution in [0.2, 0.25) is 0 Å². The number of rotatable bonds is 57. The maximum Gasteiger partial charge on any atom is 0.306 e. The van der Waals surface area contributed by atoms with E-state index in [2.05, 4.69) is 93.7 Å². The smallest absolute Gasteiger partial charge is 0.306 e. The Bertz CT molecular complexity index is 1360. The average Bonchev–Trinajstić information content (AvgIpc) is 3.39. The van der Waals surface area contributed by atoms with Gasteiger partial charge in [-0.3, -0.25) is 14.4 Å². The largest absolute Gasteiger partial charge is 0.462 e. The van der Waals surface area contributed by atoms with Crippen LogP contribution in [-0.2, 0) is 28.6 Å². The number of hydrogen-bond acceptors (Lipinski definition) is 6. The summed E-state index contributed by atoms with van der Waals surface area (Å²) >= 11 is 0. The van der Waals surface area contributed by atoms with Crippen LogP contribution in [0.5, 0.6) is 0 Å². The lowest BCUT2D eigenvalue weighted by Gasteiger charge is -2.18. The summed E-state index contributed by atoms with van der Waals surface area (Å²) in [5, 5.41) is 0. The molecule has 0 saturated heterocycles. The highest BCUT2D eigenvalue weighted by Gasteiger charge is 2.19. The van der Waals surface area contributed by atoms with Crippen LogP contribution in [0, 0.1) is 0 Å². The number of hydrogen-bond donors (Lipinski definition) is 0.